The van der Waals surface area contributed by atoms with Gasteiger partial charge in [0.1, 0.15) is 0 Å². The lowest BCUT2D eigenvalue weighted by atomic mass is 9.75. The Balaban J connectivity index is 1.95. The Morgan fingerprint density at radius 1 is 1.41 bits per heavy atom. The fraction of sp³-hybridized carbons (Fsp3) is 0.929. The van der Waals surface area contributed by atoms with Gasteiger partial charge in [0.2, 0.25) is 5.91 Å². The lowest BCUT2D eigenvalue weighted by Gasteiger charge is -2.38. The van der Waals surface area contributed by atoms with E-state index in [2.05, 4.69) is 19.2 Å². The normalized spacial score (nSPS) is 31.0. The standard InChI is InChI=1S/C14H26N2O/c1-4-14(5-7-15-8-6-14)13(17)16(3)10-12-9-11(12)2/h11-12,15H,4-10H2,1-3H3. The van der Waals surface area contributed by atoms with Gasteiger partial charge in [0.05, 0.1) is 5.41 Å². The van der Waals surface area contributed by atoms with Gasteiger partial charge in [-0.25, -0.2) is 0 Å². The molecule has 1 N–H and O–H groups in total. The molecule has 1 aliphatic heterocycles. The van der Waals surface area contributed by atoms with Gasteiger partial charge < -0.3 is 10.2 Å². The molecule has 0 bridgehead atoms. The first-order chi connectivity index (χ1) is 8.09. The van der Waals surface area contributed by atoms with Crippen LogP contribution in [0.3, 0.4) is 0 Å². The minimum atomic E-state index is -0.0713. The lowest BCUT2D eigenvalue weighted by molar-refractivity contribution is -0.143. The molecule has 2 rings (SSSR count). The van der Waals surface area contributed by atoms with Crippen LogP contribution in [0, 0.1) is 17.3 Å². The van der Waals surface area contributed by atoms with Crippen molar-refractivity contribution in [2.45, 2.75) is 39.5 Å². The number of nitrogens with zero attached hydrogens (tertiary/aromatic N) is 1. The van der Waals surface area contributed by atoms with Crippen molar-refractivity contribution in [1.82, 2.24) is 10.2 Å². The van der Waals surface area contributed by atoms with E-state index in [0.717, 1.165) is 50.7 Å². The summed E-state index contributed by atoms with van der Waals surface area (Å²) in [6.45, 7) is 7.40. The summed E-state index contributed by atoms with van der Waals surface area (Å²) in [6, 6.07) is 0. The van der Waals surface area contributed by atoms with E-state index in [9.17, 15) is 4.79 Å². The van der Waals surface area contributed by atoms with Crippen molar-refractivity contribution in [3.05, 3.63) is 0 Å². The van der Waals surface area contributed by atoms with Crippen LogP contribution >= 0.6 is 0 Å². The third-order valence-corrected chi connectivity index (χ3v) is 4.82. The average Bonchev–Trinajstić information content (AvgIpc) is 3.04. The summed E-state index contributed by atoms with van der Waals surface area (Å²) in [6.07, 6.45) is 4.30. The van der Waals surface area contributed by atoms with Gasteiger partial charge >= 0.3 is 0 Å². The van der Waals surface area contributed by atoms with E-state index in [1.165, 1.54) is 6.42 Å². The second-order valence-electron chi connectivity index (χ2n) is 6.04. The summed E-state index contributed by atoms with van der Waals surface area (Å²) in [4.78, 5) is 14.6. The Bertz CT molecular complexity index is 284. The summed E-state index contributed by atoms with van der Waals surface area (Å²) < 4.78 is 0. The number of piperidine rings is 1. The van der Waals surface area contributed by atoms with Crippen molar-refractivity contribution in [2.24, 2.45) is 17.3 Å². The molecule has 98 valence electrons. The average molecular weight is 238 g/mol. The van der Waals surface area contributed by atoms with E-state index in [1.807, 2.05) is 11.9 Å². The largest absolute Gasteiger partial charge is 0.345 e. The predicted molar refractivity (Wildman–Crippen MR) is 69.7 cm³/mol. The van der Waals surface area contributed by atoms with Crippen molar-refractivity contribution < 1.29 is 4.79 Å². The predicted octanol–water partition coefficient (Wildman–Crippen LogP) is 1.88. The van der Waals surface area contributed by atoms with Gasteiger partial charge in [-0.2, -0.15) is 0 Å². The molecule has 1 saturated carbocycles. The highest BCUT2D eigenvalue weighted by Crippen LogP contribution is 2.40. The number of nitrogens with one attached hydrogen (secondary N) is 1. The third kappa shape index (κ3) is 2.65. The molecule has 0 spiro atoms. The zero-order valence-electron chi connectivity index (χ0n) is 11.5. The van der Waals surface area contributed by atoms with E-state index in [0.29, 0.717) is 5.91 Å². The van der Waals surface area contributed by atoms with E-state index in [1.54, 1.807) is 0 Å². The smallest absolute Gasteiger partial charge is 0.228 e. The molecule has 1 saturated heterocycles. The first-order valence-corrected chi connectivity index (χ1v) is 7.05. The fourth-order valence-corrected chi connectivity index (χ4v) is 3.12. The molecule has 2 atom stereocenters. The van der Waals surface area contributed by atoms with Crippen LogP contribution < -0.4 is 5.32 Å². The van der Waals surface area contributed by atoms with Crippen LogP contribution in [0.25, 0.3) is 0 Å². The van der Waals surface area contributed by atoms with E-state index in [-0.39, 0.29) is 5.41 Å². The van der Waals surface area contributed by atoms with Crippen LogP contribution in [0.1, 0.15) is 39.5 Å². The molecule has 0 aromatic rings. The summed E-state index contributed by atoms with van der Waals surface area (Å²) >= 11 is 0. The zero-order chi connectivity index (χ0) is 12.5. The second-order valence-corrected chi connectivity index (χ2v) is 6.04. The van der Waals surface area contributed by atoms with Crippen molar-refractivity contribution in [1.29, 1.82) is 0 Å². The molecule has 3 heteroatoms. The first-order valence-electron chi connectivity index (χ1n) is 7.05. The third-order valence-electron chi connectivity index (χ3n) is 4.82. The summed E-state index contributed by atoms with van der Waals surface area (Å²) in [5.74, 6) is 1.98. The SMILES string of the molecule is CCC1(C(=O)N(C)CC2CC2C)CCNCC1. The number of hydrogen-bond acceptors (Lipinski definition) is 2. The van der Waals surface area contributed by atoms with Gasteiger partial charge in [-0.15, -0.1) is 0 Å². The van der Waals surface area contributed by atoms with Crippen LogP contribution in [-0.2, 0) is 4.79 Å². The lowest BCUT2D eigenvalue weighted by Crippen LogP contribution is -2.48. The Morgan fingerprint density at radius 2 is 2.00 bits per heavy atom. The first kappa shape index (κ1) is 12.9. The van der Waals surface area contributed by atoms with Crippen LogP contribution in [-0.4, -0.2) is 37.5 Å². The molecular formula is C14H26N2O. The highest BCUT2D eigenvalue weighted by atomic mass is 16.2. The number of amides is 1. The number of rotatable bonds is 4. The second kappa shape index (κ2) is 4.97. The van der Waals surface area contributed by atoms with Gasteiger partial charge in [-0.1, -0.05) is 13.8 Å². The fourth-order valence-electron chi connectivity index (χ4n) is 3.12. The molecule has 0 radical (unpaired) electrons. The molecule has 0 aromatic heterocycles. The van der Waals surface area contributed by atoms with E-state index >= 15 is 0 Å². The van der Waals surface area contributed by atoms with Crippen LogP contribution in [0.2, 0.25) is 0 Å². The molecule has 1 heterocycles. The van der Waals surface area contributed by atoms with Gasteiger partial charge in [-0.05, 0) is 50.6 Å². The van der Waals surface area contributed by atoms with Crippen LogP contribution in [0.4, 0.5) is 0 Å². The van der Waals surface area contributed by atoms with E-state index in [4.69, 9.17) is 0 Å². The number of hydrogen-bond donors (Lipinski definition) is 1. The van der Waals surface area contributed by atoms with Crippen molar-refractivity contribution in [2.75, 3.05) is 26.7 Å². The van der Waals surface area contributed by atoms with Crippen LogP contribution in [0.15, 0.2) is 0 Å². The highest BCUT2D eigenvalue weighted by molar-refractivity contribution is 5.82. The molecule has 0 aromatic carbocycles. The molecule has 1 aliphatic carbocycles. The quantitative estimate of drug-likeness (QED) is 0.811. The monoisotopic (exact) mass is 238 g/mol. The van der Waals surface area contributed by atoms with Gasteiger partial charge in [-0.3, -0.25) is 4.79 Å². The Labute approximate surface area is 105 Å². The molecule has 2 fully saturated rings. The zero-order valence-corrected chi connectivity index (χ0v) is 11.5. The van der Waals surface area contributed by atoms with Gasteiger partial charge in [0.25, 0.3) is 0 Å². The molecule has 17 heavy (non-hydrogen) atoms. The van der Waals surface area contributed by atoms with E-state index < -0.39 is 0 Å². The van der Waals surface area contributed by atoms with Gasteiger partial charge in [0, 0.05) is 13.6 Å². The van der Waals surface area contributed by atoms with Crippen molar-refractivity contribution in [3.63, 3.8) is 0 Å². The minimum Gasteiger partial charge on any atom is -0.345 e. The Hall–Kier alpha value is -0.570. The van der Waals surface area contributed by atoms with Crippen molar-refractivity contribution >= 4 is 5.91 Å². The molecule has 3 nitrogen and oxygen atoms in total. The minimum absolute atomic E-state index is 0.0713. The molecule has 2 aliphatic rings. The maximum Gasteiger partial charge on any atom is 0.228 e. The molecule has 1 amide bonds. The highest BCUT2D eigenvalue weighted by Gasteiger charge is 2.41. The van der Waals surface area contributed by atoms with Gasteiger partial charge in [0.15, 0.2) is 0 Å². The summed E-state index contributed by atoms with van der Waals surface area (Å²) in [7, 11) is 1.99. The van der Waals surface area contributed by atoms with Crippen molar-refractivity contribution in [3.8, 4) is 0 Å². The Morgan fingerprint density at radius 3 is 2.47 bits per heavy atom. The maximum atomic E-state index is 12.6. The maximum absolute atomic E-state index is 12.6. The van der Waals surface area contributed by atoms with Crippen LogP contribution in [0.5, 0.6) is 0 Å². The Kier molecular flexibility index (Phi) is 3.76. The topological polar surface area (TPSA) is 32.3 Å². The summed E-state index contributed by atoms with van der Waals surface area (Å²) in [5, 5.41) is 3.36. The number of carbonyl (C=O) groups is 1. The molecular weight excluding hydrogens is 212 g/mol. The summed E-state index contributed by atoms with van der Waals surface area (Å²) in [5.41, 5.74) is -0.0713. The number of carbonyl (C=O) groups excluding carboxylic acids is 1. The molecule has 2 unspecified atom stereocenters.